The Morgan fingerprint density at radius 2 is 2.08 bits per heavy atom. The number of nitrogens with zero attached hydrogens (tertiary/aromatic N) is 2. The standard InChI is InChI=1S/C18H31ClN2O2Si/c1-17(2,3)24(4,5)22-13-18(9-10-18)16-20-11-12-21(16)15-8-6-7-14(19)23-15/h11-12,14-15H,6-10,13H2,1-5H3/t14?,15-/m0/s1. The number of hydrogen-bond donors (Lipinski definition) is 0. The molecular formula is C18H31ClN2O2Si. The van der Waals surface area contributed by atoms with Gasteiger partial charge in [0.15, 0.2) is 8.32 Å². The summed E-state index contributed by atoms with van der Waals surface area (Å²) in [6.07, 6.45) is 9.29. The molecule has 0 spiro atoms. The quantitative estimate of drug-likeness (QED) is 0.527. The number of halogens is 1. The zero-order valence-corrected chi connectivity index (χ0v) is 17.4. The smallest absolute Gasteiger partial charge is 0.192 e. The average Bonchev–Trinajstić information content (AvgIpc) is 3.11. The molecule has 1 saturated carbocycles. The Morgan fingerprint density at radius 3 is 2.67 bits per heavy atom. The highest BCUT2D eigenvalue weighted by molar-refractivity contribution is 6.74. The molecule has 2 fully saturated rings. The maximum Gasteiger partial charge on any atom is 0.192 e. The first-order valence-corrected chi connectivity index (χ1v) is 12.5. The molecule has 1 aliphatic carbocycles. The van der Waals surface area contributed by atoms with Gasteiger partial charge in [0.1, 0.15) is 17.6 Å². The molecule has 6 heteroatoms. The van der Waals surface area contributed by atoms with E-state index in [-0.39, 0.29) is 22.2 Å². The summed E-state index contributed by atoms with van der Waals surface area (Å²) in [6.45, 7) is 12.3. The van der Waals surface area contributed by atoms with E-state index >= 15 is 0 Å². The van der Waals surface area contributed by atoms with Gasteiger partial charge in [-0.2, -0.15) is 0 Å². The summed E-state index contributed by atoms with van der Waals surface area (Å²) < 4.78 is 14.7. The first-order valence-electron chi connectivity index (χ1n) is 9.11. The topological polar surface area (TPSA) is 36.3 Å². The molecule has 2 atom stereocenters. The molecule has 1 aromatic heterocycles. The molecule has 1 aromatic rings. The van der Waals surface area contributed by atoms with Gasteiger partial charge in [-0.15, -0.1) is 0 Å². The lowest BCUT2D eigenvalue weighted by Gasteiger charge is -2.37. The third-order valence-corrected chi connectivity index (χ3v) is 10.8. The number of ether oxygens (including phenoxy) is 1. The maximum atomic E-state index is 6.53. The summed E-state index contributed by atoms with van der Waals surface area (Å²) >= 11 is 6.21. The van der Waals surface area contributed by atoms with Gasteiger partial charge in [0.25, 0.3) is 0 Å². The third-order valence-electron chi connectivity index (χ3n) is 6.01. The Bertz CT molecular complexity index is 578. The van der Waals surface area contributed by atoms with Crippen molar-refractivity contribution < 1.29 is 9.16 Å². The predicted octanol–water partition coefficient (Wildman–Crippen LogP) is 5.20. The molecule has 24 heavy (non-hydrogen) atoms. The van der Waals surface area contributed by atoms with Crippen LogP contribution in [0.4, 0.5) is 0 Å². The molecule has 0 N–H and O–H groups in total. The van der Waals surface area contributed by atoms with E-state index < -0.39 is 8.32 Å². The molecule has 0 aromatic carbocycles. The molecule has 2 aliphatic rings. The molecule has 1 saturated heterocycles. The number of hydrogen-bond acceptors (Lipinski definition) is 3. The Labute approximate surface area is 152 Å². The highest BCUT2D eigenvalue weighted by Crippen LogP contribution is 2.50. The van der Waals surface area contributed by atoms with Crippen molar-refractivity contribution in [2.75, 3.05) is 6.61 Å². The molecule has 136 valence electrons. The highest BCUT2D eigenvalue weighted by Gasteiger charge is 2.51. The SMILES string of the molecule is CC(C)(C)[Si](C)(C)OCC1(c2nccn2[C@@H]2CCCC(Cl)O2)CC1. The molecule has 2 heterocycles. The molecule has 1 unspecified atom stereocenters. The normalized spacial score (nSPS) is 27.2. The van der Waals surface area contributed by atoms with Crippen LogP contribution in [0.3, 0.4) is 0 Å². The average molecular weight is 371 g/mol. The number of alkyl halides is 1. The van der Waals surface area contributed by atoms with Crippen molar-refractivity contribution in [1.82, 2.24) is 9.55 Å². The van der Waals surface area contributed by atoms with Crippen molar-refractivity contribution in [3.8, 4) is 0 Å². The fourth-order valence-electron chi connectivity index (χ4n) is 3.04. The second-order valence-corrected chi connectivity index (χ2v) is 14.2. The van der Waals surface area contributed by atoms with Gasteiger partial charge in [0.05, 0.1) is 5.41 Å². The maximum absolute atomic E-state index is 6.53. The van der Waals surface area contributed by atoms with Gasteiger partial charge < -0.3 is 13.7 Å². The Morgan fingerprint density at radius 1 is 1.38 bits per heavy atom. The van der Waals surface area contributed by atoms with Crippen LogP contribution in [-0.4, -0.2) is 30.0 Å². The Balaban J connectivity index is 1.74. The Hall–Kier alpha value is -0.363. The first kappa shape index (κ1) is 18.4. The number of aromatic nitrogens is 2. The summed E-state index contributed by atoms with van der Waals surface area (Å²) in [5, 5.41) is 0.233. The molecule has 4 nitrogen and oxygen atoms in total. The van der Waals surface area contributed by atoms with E-state index in [0.29, 0.717) is 0 Å². The van der Waals surface area contributed by atoms with Gasteiger partial charge in [-0.1, -0.05) is 32.4 Å². The van der Waals surface area contributed by atoms with Crippen molar-refractivity contribution >= 4 is 19.9 Å². The largest absolute Gasteiger partial charge is 0.416 e. The van der Waals surface area contributed by atoms with E-state index in [2.05, 4.69) is 43.4 Å². The molecule has 3 rings (SSSR count). The second kappa shape index (κ2) is 6.42. The van der Waals surface area contributed by atoms with Gasteiger partial charge in [0, 0.05) is 19.0 Å². The van der Waals surface area contributed by atoms with Crippen molar-refractivity contribution in [2.24, 2.45) is 0 Å². The van der Waals surface area contributed by atoms with Crippen molar-refractivity contribution in [2.45, 2.75) is 88.2 Å². The fraction of sp³-hybridized carbons (Fsp3) is 0.833. The highest BCUT2D eigenvalue weighted by atomic mass is 35.5. The number of rotatable bonds is 5. The van der Waals surface area contributed by atoms with E-state index in [1.807, 2.05) is 12.4 Å². The van der Waals surface area contributed by atoms with Crippen LogP contribution in [0, 0.1) is 0 Å². The van der Waals surface area contributed by atoms with Crippen LogP contribution < -0.4 is 0 Å². The lowest BCUT2D eigenvalue weighted by atomic mass is 10.1. The summed E-state index contributed by atoms with van der Waals surface area (Å²) in [7, 11) is -1.74. The van der Waals surface area contributed by atoms with E-state index in [9.17, 15) is 0 Å². The van der Waals surface area contributed by atoms with Crippen molar-refractivity contribution in [3.05, 3.63) is 18.2 Å². The molecule has 0 bridgehead atoms. The fourth-order valence-corrected chi connectivity index (χ4v) is 4.38. The van der Waals surface area contributed by atoms with Crippen LogP contribution in [0.5, 0.6) is 0 Å². The summed E-state index contributed by atoms with van der Waals surface area (Å²) in [5.41, 5.74) is -0.112. The lowest BCUT2D eigenvalue weighted by Crippen LogP contribution is -2.43. The molecule has 1 aliphatic heterocycles. The third kappa shape index (κ3) is 3.59. The minimum absolute atomic E-state index is 0.0177. The van der Waals surface area contributed by atoms with Gasteiger partial charge >= 0.3 is 0 Å². The molecule has 0 amide bonds. The van der Waals surface area contributed by atoms with Gasteiger partial charge in [-0.3, -0.25) is 0 Å². The first-order chi connectivity index (χ1) is 11.1. The van der Waals surface area contributed by atoms with Crippen LogP contribution >= 0.6 is 11.6 Å². The van der Waals surface area contributed by atoms with E-state index in [0.717, 1.165) is 44.5 Å². The van der Waals surface area contributed by atoms with Crippen LogP contribution in [-0.2, 0) is 14.6 Å². The van der Waals surface area contributed by atoms with Gasteiger partial charge in [-0.25, -0.2) is 4.98 Å². The van der Waals surface area contributed by atoms with Crippen LogP contribution in [0.2, 0.25) is 18.1 Å². The predicted molar refractivity (Wildman–Crippen MR) is 99.9 cm³/mol. The van der Waals surface area contributed by atoms with Crippen molar-refractivity contribution in [3.63, 3.8) is 0 Å². The zero-order valence-electron chi connectivity index (χ0n) is 15.6. The zero-order chi connectivity index (χ0) is 17.6. The lowest BCUT2D eigenvalue weighted by molar-refractivity contribution is -0.0554. The summed E-state index contributed by atoms with van der Waals surface area (Å²) in [6, 6.07) is 0. The summed E-state index contributed by atoms with van der Waals surface area (Å²) in [4.78, 5) is 4.69. The Kier molecular flexibility index (Phi) is 4.93. The van der Waals surface area contributed by atoms with E-state index in [4.69, 9.17) is 20.8 Å². The van der Waals surface area contributed by atoms with Crippen LogP contribution in [0.1, 0.15) is 64.9 Å². The molecular weight excluding hydrogens is 340 g/mol. The van der Waals surface area contributed by atoms with Crippen LogP contribution in [0.25, 0.3) is 0 Å². The van der Waals surface area contributed by atoms with Crippen molar-refractivity contribution in [1.29, 1.82) is 0 Å². The van der Waals surface area contributed by atoms with E-state index in [1.165, 1.54) is 0 Å². The minimum atomic E-state index is -1.74. The summed E-state index contributed by atoms with van der Waals surface area (Å²) in [5.74, 6) is 1.12. The molecule has 0 radical (unpaired) electrons. The van der Waals surface area contributed by atoms with Gasteiger partial charge in [-0.05, 0) is 50.2 Å². The van der Waals surface area contributed by atoms with E-state index in [1.54, 1.807) is 0 Å². The number of imidazole rings is 1. The monoisotopic (exact) mass is 370 g/mol. The minimum Gasteiger partial charge on any atom is -0.416 e. The second-order valence-electron chi connectivity index (χ2n) is 8.92. The van der Waals surface area contributed by atoms with Gasteiger partial charge in [0.2, 0.25) is 0 Å². The van der Waals surface area contributed by atoms with Crippen LogP contribution in [0.15, 0.2) is 12.4 Å².